The highest BCUT2D eigenvalue weighted by atomic mass is 19.1. The van der Waals surface area contributed by atoms with Crippen molar-refractivity contribution in [3.63, 3.8) is 0 Å². The van der Waals surface area contributed by atoms with Gasteiger partial charge >= 0.3 is 0 Å². The minimum absolute atomic E-state index is 0.0836. The van der Waals surface area contributed by atoms with Crippen LogP contribution in [-0.2, 0) is 9.59 Å². The minimum Gasteiger partial charge on any atom is -0.449 e. The summed E-state index contributed by atoms with van der Waals surface area (Å²) in [5, 5.41) is 2.85. The van der Waals surface area contributed by atoms with E-state index >= 15 is 0 Å². The first-order valence-electron chi connectivity index (χ1n) is 9.27. The number of carbonyl (C=O) groups is 2. The van der Waals surface area contributed by atoms with Crippen LogP contribution in [0.25, 0.3) is 6.08 Å². The van der Waals surface area contributed by atoms with Gasteiger partial charge in [-0.3, -0.25) is 14.5 Å². The Bertz CT molecular complexity index is 891. The van der Waals surface area contributed by atoms with Gasteiger partial charge < -0.3 is 10.1 Å². The van der Waals surface area contributed by atoms with E-state index in [0.29, 0.717) is 29.5 Å². The Labute approximate surface area is 163 Å². The van der Waals surface area contributed by atoms with Crippen LogP contribution in [0.4, 0.5) is 10.1 Å². The molecule has 1 N–H and O–H groups in total. The molecule has 0 saturated heterocycles. The Morgan fingerprint density at radius 3 is 2.61 bits per heavy atom. The van der Waals surface area contributed by atoms with E-state index in [1.54, 1.807) is 42.5 Å². The van der Waals surface area contributed by atoms with Crippen molar-refractivity contribution in [3.8, 4) is 5.75 Å². The predicted octanol–water partition coefficient (Wildman–Crippen LogP) is 3.75. The number of fused-ring (bicyclic) bond motifs is 1. The van der Waals surface area contributed by atoms with Gasteiger partial charge in [0.25, 0.3) is 5.91 Å². The summed E-state index contributed by atoms with van der Waals surface area (Å²) >= 11 is 0. The number of halogens is 1. The van der Waals surface area contributed by atoms with Crippen LogP contribution < -0.4 is 15.0 Å². The Balaban J connectivity index is 1.82. The number of nitrogens with one attached hydrogen (secondary N) is 1. The third kappa shape index (κ3) is 4.76. The average molecular weight is 382 g/mol. The largest absolute Gasteiger partial charge is 0.449 e. The number of benzene rings is 2. The second-order valence-electron chi connectivity index (χ2n) is 7.05. The molecule has 0 radical (unpaired) electrons. The summed E-state index contributed by atoms with van der Waals surface area (Å²) < 4.78 is 18.9. The quantitative estimate of drug-likeness (QED) is 0.774. The molecule has 0 saturated carbocycles. The number of carbonyl (C=O) groups excluding carboxylic acids is 2. The van der Waals surface area contributed by atoms with Crippen molar-refractivity contribution in [1.82, 2.24) is 5.32 Å². The van der Waals surface area contributed by atoms with E-state index < -0.39 is 5.91 Å². The molecular formula is C22H23FN2O3. The van der Waals surface area contributed by atoms with Crippen LogP contribution in [0.2, 0.25) is 0 Å². The van der Waals surface area contributed by atoms with Crippen LogP contribution in [0.3, 0.4) is 0 Å². The summed E-state index contributed by atoms with van der Waals surface area (Å²) in [5.41, 5.74) is 1.17. The Morgan fingerprint density at radius 1 is 1.18 bits per heavy atom. The fraction of sp³-hybridized carbons (Fsp3) is 0.273. The molecule has 28 heavy (non-hydrogen) atoms. The molecule has 5 nitrogen and oxygen atoms in total. The van der Waals surface area contributed by atoms with Crippen LogP contribution in [0.5, 0.6) is 5.75 Å². The number of rotatable bonds is 6. The predicted molar refractivity (Wildman–Crippen MR) is 106 cm³/mol. The normalized spacial score (nSPS) is 14.8. The number of hydrogen-bond donors (Lipinski definition) is 1. The van der Waals surface area contributed by atoms with E-state index in [9.17, 15) is 14.0 Å². The van der Waals surface area contributed by atoms with Gasteiger partial charge in [0.2, 0.25) is 5.91 Å². The number of ether oxygens (including phenoxy) is 1. The molecule has 0 atom stereocenters. The molecule has 3 rings (SSSR count). The summed E-state index contributed by atoms with van der Waals surface area (Å²) in [6.07, 6.45) is 2.41. The molecule has 146 valence electrons. The van der Waals surface area contributed by atoms with E-state index in [1.807, 2.05) is 0 Å². The third-order valence-corrected chi connectivity index (χ3v) is 4.35. The topological polar surface area (TPSA) is 58.6 Å². The molecule has 0 bridgehead atoms. The van der Waals surface area contributed by atoms with Gasteiger partial charge in [0.15, 0.2) is 11.5 Å². The Morgan fingerprint density at radius 2 is 1.89 bits per heavy atom. The van der Waals surface area contributed by atoms with Crippen LogP contribution in [0.1, 0.15) is 25.8 Å². The van der Waals surface area contributed by atoms with Gasteiger partial charge in [-0.25, -0.2) is 4.39 Å². The average Bonchev–Trinajstić information content (AvgIpc) is 2.66. The van der Waals surface area contributed by atoms with Crippen LogP contribution in [0.15, 0.2) is 54.3 Å². The van der Waals surface area contributed by atoms with Crippen LogP contribution in [0, 0.1) is 11.7 Å². The zero-order valence-electron chi connectivity index (χ0n) is 15.9. The second-order valence-corrected chi connectivity index (χ2v) is 7.05. The molecule has 1 aliphatic heterocycles. The van der Waals surface area contributed by atoms with Gasteiger partial charge in [0.05, 0.1) is 5.69 Å². The van der Waals surface area contributed by atoms with Crippen LogP contribution in [-0.4, -0.2) is 24.9 Å². The number of anilines is 1. The summed E-state index contributed by atoms with van der Waals surface area (Å²) in [6.45, 7) is 4.63. The lowest BCUT2D eigenvalue weighted by atomic mass is 10.1. The van der Waals surface area contributed by atoms with Gasteiger partial charge in [-0.05, 0) is 48.2 Å². The zero-order chi connectivity index (χ0) is 20.1. The monoisotopic (exact) mass is 382 g/mol. The van der Waals surface area contributed by atoms with E-state index in [-0.39, 0.29) is 24.0 Å². The summed E-state index contributed by atoms with van der Waals surface area (Å²) in [6, 6.07) is 12.8. The molecule has 2 amide bonds. The number of hydrogen-bond acceptors (Lipinski definition) is 3. The highest BCUT2D eigenvalue weighted by molar-refractivity contribution is 6.12. The maximum Gasteiger partial charge on any atom is 0.294 e. The fourth-order valence-corrected chi connectivity index (χ4v) is 2.83. The molecular weight excluding hydrogens is 359 g/mol. The summed E-state index contributed by atoms with van der Waals surface area (Å²) in [5.74, 6) is 0.0546. The Kier molecular flexibility index (Phi) is 6.09. The van der Waals surface area contributed by atoms with E-state index in [1.165, 1.54) is 17.0 Å². The first kappa shape index (κ1) is 19.6. The molecule has 0 spiro atoms. The number of amides is 2. The van der Waals surface area contributed by atoms with Crippen molar-refractivity contribution in [2.45, 2.75) is 20.3 Å². The lowest BCUT2D eigenvalue weighted by Gasteiger charge is -2.30. The lowest BCUT2D eigenvalue weighted by Crippen LogP contribution is -2.44. The SMILES string of the molecule is CC(C)CCNC(=O)CN1C(=O)/C(=C\c2ccc(F)cc2)Oc2ccccc21. The van der Waals surface area contributed by atoms with Crippen molar-refractivity contribution in [1.29, 1.82) is 0 Å². The summed E-state index contributed by atoms with van der Waals surface area (Å²) in [4.78, 5) is 26.7. The third-order valence-electron chi connectivity index (χ3n) is 4.35. The molecule has 2 aromatic rings. The van der Waals surface area contributed by atoms with Gasteiger partial charge in [-0.1, -0.05) is 38.1 Å². The zero-order valence-corrected chi connectivity index (χ0v) is 15.9. The standard InChI is InChI=1S/C22H23FN2O3/c1-15(2)11-12-24-21(26)14-25-18-5-3-4-6-19(18)28-20(22(25)27)13-16-7-9-17(23)10-8-16/h3-10,13,15H,11-12,14H2,1-2H3,(H,24,26)/b20-13+. The molecule has 0 unspecified atom stereocenters. The molecule has 6 heteroatoms. The lowest BCUT2D eigenvalue weighted by molar-refractivity contribution is -0.123. The van der Waals surface area contributed by atoms with Gasteiger partial charge in [0.1, 0.15) is 12.4 Å². The van der Waals surface area contributed by atoms with Crippen molar-refractivity contribution < 1.29 is 18.7 Å². The van der Waals surface area contributed by atoms with Crippen molar-refractivity contribution >= 4 is 23.6 Å². The first-order chi connectivity index (χ1) is 13.4. The molecule has 1 aliphatic rings. The summed E-state index contributed by atoms with van der Waals surface area (Å²) in [7, 11) is 0. The molecule has 0 aromatic heterocycles. The van der Waals surface area contributed by atoms with Gasteiger partial charge in [-0.15, -0.1) is 0 Å². The fourth-order valence-electron chi connectivity index (χ4n) is 2.83. The van der Waals surface area contributed by atoms with E-state index in [0.717, 1.165) is 6.42 Å². The molecule has 1 heterocycles. The number of nitrogens with zero attached hydrogens (tertiary/aromatic N) is 1. The highest BCUT2D eigenvalue weighted by Crippen LogP contribution is 2.35. The van der Waals surface area contributed by atoms with Crippen LogP contribution >= 0.6 is 0 Å². The maximum absolute atomic E-state index is 13.1. The highest BCUT2D eigenvalue weighted by Gasteiger charge is 2.31. The van der Waals surface area contributed by atoms with E-state index in [2.05, 4.69) is 19.2 Å². The minimum atomic E-state index is -0.415. The van der Waals surface area contributed by atoms with E-state index in [4.69, 9.17) is 4.74 Å². The maximum atomic E-state index is 13.1. The van der Waals surface area contributed by atoms with Gasteiger partial charge in [-0.2, -0.15) is 0 Å². The van der Waals surface area contributed by atoms with Gasteiger partial charge in [0, 0.05) is 6.54 Å². The second kappa shape index (κ2) is 8.69. The number of para-hydroxylation sites is 2. The van der Waals surface area contributed by atoms with Crippen molar-refractivity contribution in [2.75, 3.05) is 18.0 Å². The Hall–Kier alpha value is -3.15. The van der Waals surface area contributed by atoms with Crippen molar-refractivity contribution in [3.05, 3.63) is 65.7 Å². The molecule has 2 aromatic carbocycles. The van der Waals surface area contributed by atoms with Crippen molar-refractivity contribution in [2.24, 2.45) is 5.92 Å². The molecule has 0 aliphatic carbocycles. The molecule has 0 fully saturated rings. The smallest absolute Gasteiger partial charge is 0.294 e. The first-order valence-corrected chi connectivity index (χ1v) is 9.27.